The molecule has 3 N–H and O–H groups in total. The minimum absolute atomic E-state index is 0.240. The van der Waals surface area contributed by atoms with Crippen LogP contribution >= 0.6 is 0 Å². The number of nitrogen functional groups attached to an aromatic ring is 1. The molecule has 2 aromatic rings. The molecule has 1 heterocycles. The molecule has 0 atom stereocenters. The molecule has 136 valence electrons. The van der Waals surface area contributed by atoms with Crippen molar-refractivity contribution in [3.05, 3.63) is 65.5 Å². The van der Waals surface area contributed by atoms with Crippen LogP contribution in [0.5, 0.6) is 0 Å². The Morgan fingerprint density at radius 1 is 1.04 bits per heavy atom. The summed E-state index contributed by atoms with van der Waals surface area (Å²) < 4.78 is 13.0. The monoisotopic (exact) mass is 352 g/mol. The molecule has 0 saturated carbocycles. The maximum atomic E-state index is 13.0. The molecule has 3 nitrogen and oxygen atoms in total. The molecule has 0 unspecified atom stereocenters. The van der Waals surface area contributed by atoms with Gasteiger partial charge in [-0.15, -0.1) is 0 Å². The van der Waals surface area contributed by atoms with Gasteiger partial charge in [-0.1, -0.05) is 24.0 Å². The summed E-state index contributed by atoms with van der Waals surface area (Å²) >= 11 is 0. The number of likely N-dealkylation sites (tertiary alicyclic amines) is 1. The lowest BCUT2D eigenvalue weighted by Crippen LogP contribution is -2.45. The third kappa shape index (κ3) is 5.32. The standard InChI is InChI=1S/C22H25FN2O/c23-20-8-4-19(5-9-20)17-22(26)12-15-25(16-13-22)14-2-1-3-18-6-10-21(24)11-7-18/h4-11,26H,2,12-17,24H2. The van der Waals surface area contributed by atoms with E-state index in [1.54, 1.807) is 12.1 Å². The van der Waals surface area contributed by atoms with Crippen LogP contribution in [0, 0.1) is 17.7 Å². The first-order chi connectivity index (χ1) is 12.5. The number of aliphatic hydroxyl groups is 1. The van der Waals surface area contributed by atoms with Gasteiger partial charge in [0.15, 0.2) is 0 Å². The topological polar surface area (TPSA) is 49.5 Å². The molecule has 1 saturated heterocycles. The molecule has 1 aliphatic heterocycles. The molecule has 4 heteroatoms. The summed E-state index contributed by atoms with van der Waals surface area (Å²) in [4.78, 5) is 2.34. The second kappa shape index (κ2) is 8.35. The third-order valence-corrected chi connectivity index (χ3v) is 4.93. The van der Waals surface area contributed by atoms with Crippen LogP contribution in [-0.2, 0) is 6.42 Å². The van der Waals surface area contributed by atoms with Crippen molar-refractivity contribution in [3.8, 4) is 11.8 Å². The van der Waals surface area contributed by atoms with Gasteiger partial charge in [0.1, 0.15) is 5.82 Å². The summed E-state index contributed by atoms with van der Waals surface area (Å²) in [6.07, 6.45) is 2.85. The van der Waals surface area contributed by atoms with E-state index in [4.69, 9.17) is 5.73 Å². The number of nitrogens with zero attached hydrogens (tertiary/aromatic N) is 1. The Balaban J connectivity index is 1.43. The second-order valence-corrected chi connectivity index (χ2v) is 7.04. The van der Waals surface area contributed by atoms with E-state index in [1.165, 1.54) is 12.1 Å². The predicted octanol–water partition coefficient (Wildman–Crippen LogP) is 3.22. The van der Waals surface area contributed by atoms with Crippen molar-refractivity contribution < 1.29 is 9.50 Å². The number of hydrogen-bond acceptors (Lipinski definition) is 3. The first-order valence-corrected chi connectivity index (χ1v) is 9.06. The lowest BCUT2D eigenvalue weighted by molar-refractivity contribution is -0.0200. The molecular formula is C22H25FN2O. The Bertz CT molecular complexity index is 767. The average molecular weight is 352 g/mol. The Morgan fingerprint density at radius 3 is 2.35 bits per heavy atom. The smallest absolute Gasteiger partial charge is 0.123 e. The Hall–Kier alpha value is -2.35. The number of piperidine rings is 1. The van der Waals surface area contributed by atoms with Crippen molar-refractivity contribution in [3.63, 3.8) is 0 Å². The zero-order valence-corrected chi connectivity index (χ0v) is 14.9. The van der Waals surface area contributed by atoms with Crippen molar-refractivity contribution in [2.45, 2.75) is 31.3 Å². The maximum absolute atomic E-state index is 13.0. The zero-order chi connectivity index (χ0) is 18.4. The number of hydrogen-bond donors (Lipinski definition) is 2. The summed E-state index contributed by atoms with van der Waals surface area (Å²) in [6, 6.07) is 14.0. The van der Waals surface area contributed by atoms with E-state index in [0.717, 1.165) is 55.7 Å². The van der Waals surface area contributed by atoms with Crippen LogP contribution in [0.1, 0.15) is 30.4 Å². The molecule has 0 bridgehead atoms. The Morgan fingerprint density at radius 2 is 1.69 bits per heavy atom. The van der Waals surface area contributed by atoms with Gasteiger partial charge in [-0.3, -0.25) is 0 Å². The van der Waals surface area contributed by atoms with Gasteiger partial charge < -0.3 is 15.7 Å². The fourth-order valence-corrected chi connectivity index (χ4v) is 3.30. The van der Waals surface area contributed by atoms with Crippen LogP contribution in [0.25, 0.3) is 0 Å². The van der Waals surface area contributed by atoms with Crippen LogP contribution < -0.4 is 5.73 Å². The Labute approximate surface area is 154 Å². The molecule has 0 spiro atoms. The molecule has 1 aliphatic rings. The fraction of sp³-hybridized carbons (Fsp3) is 0.364. The summed E-state index contributed by atoms with van der Waals surface area (Å²) in [5.41, 5.74) is 7.68. The van der Waals surface area contributed by atoms with Crippen LogP contribution in [0.2, 0.25) is 0 Å². The number of anilines is 1. The van der Waals surface area contributed by atoms with Gasteiger partial charge in [0.25, 0.3) is 0 Å². The maximum Gasteiger partial charge on any atom is 0.123 e. The van der Waals surface area contributed by atoms with Gasteiger partial charge >= 0.3 is 0 Å². The zero-order valence-electron chi connectivity index (χ0n) is 14.9. The highest BCUT2D eigenvalue weighted by molar-refractivity contribution is 5.44. The van der Waals surface area contributed by atoms with Gasteiger partial charge in [0, 0.05) is 43.7 Å². The number of nitrogens with two attached hydrogens (primary N) is 1. The van der Waals surface area contributed by atoms with E-state index in [2.05, 4.69) is 16.7 Å². The van der Waals surface area contributed by atoms with Gasteiger partial charge in [-0.05, 0) is 54.8 Å². The summed E-state index contributed by atoms with van der Waals surface area (Å²) in [5, 5.41) is 10.8. The van der Waals surface area contributed by atoms with Crippen molar-refractivity contribution in [1.82, 2.24) is 4.90 Å². The summed E-state index contributed by atoms with van der Waals surface area (Å²) in [6.45, 7) is 2.64. The quantitative estimate of drug-likeness (QED) is 0.656. The van der Waals surface area contributed by atoms with Crippen LogP contribution in [-0.4, -0.2) is 35.2 Å². The minimum Gasteiger partial charge on any atom is -0.399 e. The van der Waals surface area contributed by atoms with Crippen molar-refractivity contribution >= 4 is 5.69 Å². The van der Waals surface area contributed by atoms with E-state index in [1.807, 2.05) is 24.3 Å². The summed E-state index contributed by atoms with van der Waals surface area (Å²) in [7, 11) is 0. The Kier molecular flexibility index (Phi) is 5.92. The molecule has 0 aromatic heterocycles. The van der Waals surface area contributed by atoms with Crippen molar-refractivity contribution in [2.24, 2.45) is 0 Å². The number of halogens is 1. The van der Waals surface area contributed by atoms with Crippen molar-refractivity contribution in [2.75, 3.05) is 25.4 Å². The second-order valence-electron chi connectivity index (χ2n) is 7.04. The average Bonchev–Trinajstić information content (AvgIpc) is 2.64. The highest BCUT2D eigenvalue weighted by atomic mass is 19.1. The largest absolute Gasteiger partial charge is 0.399 e. The molecule has 2 aromatic carbocycles. The molecule has 26 heavy (non-hydrogen) atoms. The van der Waals surface area contributed by atoms with E-state index < -0.39 is 5.60 Å². The molecule has 0 aliphatic carbocycles. The first-order valence-electron chi connectivity index (χ1n) is 9.06. The highest BCUT2D eigenvalue weighted by Crippen LogP contribution is 2.26. The highest BCUT2D eigenvalue weighted by Gasteiger charge is 2.32. The molecule has 0 radical (unpaired) electrons. The molecule has 1 fully saturated rings. The van der Waals surface area contributed by atoms with Gasteiger partial charge in [0.2, 0.25) is 0 Å². The lowest BCUT2D eigenvalue weighted by Gasteiger charge is -2.38. The first kappa shape index (κ1) is 18.4. The predicted molar refractivity (Wildman–Crippen MR) is 103 cm³/mol. The van der Waals surface area contributed by atoms with Crippen LogP contribution in [0.15, 0.2) is 48.5 Å². The van der Waals surface area contributed by atoms with Crippen LogP contribution in [0.3, 0.4) is 0 Å². The molecule has 3 rings (SSSR count). The molecular weight excluding hydrogens is 327 g/mol. The SMILES string of the molecule is Nc1ccc(C#CCCN2CCC(O)(Cc3ccc(F)cc3)CC2)cc1. The molecule has 0 amide bonds. The number of benzene rings is 2. The van der Waals surface area contributed by atoms with E-state index in [0.29, 0.717) is 6.42 Å². The van der Waals surface area contributed by atoms with E-state index in [9.17, 15) is 9.50 Å². The summed E-state index contributed by atoms with van der Waals surface area (Å²) in [5.74, 6) is 6.12. The van der Waals surface area contributed by atoms with Gasteiger partial charge in [0.05, 0.1) is 5.60 Å². The lowest BCUT2D eigenvalue weighted by atomic mass is 9.85. The van der Waals surface area contributed by atoms with Crippen molar-refractivity contribution in [1.29, 1.82) is 0 Å². The normalized spacial score (nSPS) is 16.7. The minimum atomic E-state index is -0.690. The van der Waals surface area contributed by atoms with Crippen LogP contribution in [0.4, 0.5) is 10.1 Å². The van der Waals surface area contributed by atoms with Gasteiger partial charge in [-0.25, -0.2) is 4.39 Å². The van der Waals surface area contributed by atoms with E-state index >= 15 is 0 Å². The van der Waals surface area contributed by atoms with Gasteiger partial charge in [-0.2, -0.15) is 0 Å². The van der Waals surface area contributed by atoms with E-state index in [-0.39, 0.29) is 5.82 Å². The fourth-order valence-electron chi connectivity index (χ4n) is 3.30. The third-order valence-electron chi connectivity index (χ3n) is 4.93. The number of rotatable bonds is 4.